The molecule has 2 heterocycles. The van der Waals surface area contributed by atoms with Crippen molar-refractivity contribution in [3.8, 4) is 0 Å². The van der Waals surface area contributed by atoms with Gasteiger partial charge in [-0.3, -0.25) is 9.59 Å². The number of carbonyl (C=O) groups excluding carboxylic acids is 2. The lowest BCUT2D eigenvalue weighted by Crippen LogP contribution is -2.25. The van der Waals surface area contributed by atoms with Gasteiger partial charge in [-0.15, -0.1) is 0 Å². The minimum absolute atomic E-state index is 0.0482. The van der Waals surface area contributed by atoms with Crippen molar-refractivity contribution < 1.29 is 9.59 Å². The van der Waals surface area contributed by atoms with Crippen LogP contribution in [0.5, 0.6) is 0 Å². The van der Waals surface area contributed by atoms with Gasteiger partial charge >= 0.3 is 0 Å². The van der Waals surface area contributed by atoms with E-state index in [1.807, 2.05) is 24.3 Å². The number of hydrogen-bond acceptors (Lipinski definition) is 3. The molecule has 2 aliphatic rings. The molecule has 5 heteroatoms. The summed E-state index contributed by atoms with van der Waals surface area (Å²) in [5, 5.41) is 6.13. The third-order valence-electron chi connectivity index (χ3n) is 3.93. The third-order valence-corrected chi connectivity index (χ3v) is 3.93. The molecular formula is C15H19N3O2. The predicted molar refractivity (Wildman–Crippen MR) is 77.6 cm³/mol. The van der Waals surface area contributed by atoms with Gasteiger partial charge in [0.1, 0.15) is 0 Å². The summed E-state index contributed by atoms with van der Waals surface area (Å²) in [7, 11) is 0. The molecule has 1 aromatic carbocycles. The van der Waals surface area contributed by atoms with Crippen LogP contribution in [0.4, 0.5) is 11.4 Å². The van der Waals surface area contributed by atoms with Crippen LogP contribution in [0.1, 0.15) is 19.3 Å². The summed E-state index contributed by atoms with van der Waals surface area (Å²) in [5.74, 6) is 0.264. The van der Waals surface area contributed by atoms with E-state index >= 15 is 0 Å². The fraction of sp³-hybridized carbons (Fsp3) is 0.467. The number of nitrogens with one attached hydrogen (secondary N) is 2. The van der Waals surface area contributed by atoms with Gasteiger partial charge in [0, 0.05) is 30.9 Å². The fourth-order valence-corrected chi connectivity index (χ4v) is 2.80. The van der Waals surface area contributed by atoms with Gasteiger partial charge in [0.25, 0.3) is 0 Å². The van der Waals surface area contributed by atoms with Gasteiger partial charge in [-0.2, -0.15) is 0 Å². The molecule has 0 aliphatic carbocycles. The Morgan fingerprint density at radius 2 is 2.30 bits per heavy atom. The molecular weight excluding hydrogens is 254 g/mol. The number of carbonyl (C=O) groups is 2. The zero-order chi connectivity index (χ0) is 13.9. The minimum Gasteiger partial charge on any atom is -0.326 e. The Morgan fingerprint density at radius 3 is 3.00 bits per heavy atom. The molecule has 0 bridgehead atoms. The molecule has 2 amide bonds. The monoisotopic (exact) mass is 273 g/mol. The summed E-state index contributed by atoms with van der Waals surface area (Å²) in [5.41, 5.74) is 1.63. The quantitative estimate of drug-likeness (QED) is 0.874. The van der Waals surface area contributed by atoms with Crippen LogP contribution in [-0.2, 0) is 9.59 Å². The Bertz CT molecular complexity index is 524. The number of nitrogens with zero attached hydrogens (tertiary/aromatic N) is 1. The van der Waals surface area contributed by atoms with Crippen molar-refractivity contribution in [1.82, 2.24) is 5.32 Å². The largest absolute Gasteiger partial charge is 0.326 e. The topological polar surface area (TPSA) is 61.4 Å². The summed E-state index contributed by atoms with van der Waals surface area (Å²) in [4.78, 5) is 25.6. The second-order valence-corrected chi connectivity index (χ2v) is 5.38. The highest BCUT2D eigenvalue weighted by atomic mass is 16.2. The normalized spacial score (nSPS) is 22.3. The summed E-state index contributed by atoms with van der Waals surface area (Å²) < 4.78 is 0. The maximum absolute atomic E-state index is 12.1. The lowest BCUT2D eigenvalue weighted by molar-refractivity contribution is -0.119. The standard InChI is InChI=1S/C15H19N3O2/c19-14-5-2-8-18(14)13-4-1-3-12(9-13)17-15(20)11-6-7-16-10-11/h1,3-4,9,11,16H,2,5-8,10H2,(H,17,20). The maximum Gasteiger partial charge on any atom is 0.228 e. The molecule has 1 aromatic rings. The second-order valence-electron chi connectivity index (χ2n) is 5.38. The molecule has 0 saturated carbocycles. The Morgan fingerprint density at radius 1 is 1.40 bits per heavy atom. The summed E-state index contributed by atoms with van der Waals surface area (Å²) >= 11 is 0. The first-order valence-electron chi connectivity index (χ1n) is 7.16. The average Bonchev–Trinajstić information content (AvgIpc) is 3.10. The Balaban J connectivity index is 1.70. The van der Waals surface area contributed by atoms with Crippen LogP contribution in [0.25, 0.3) is 0 Å². The zero-order valence-electron chi connectivity index (χ0n) is 11.4. The smallest absolute Gasteiger partial charge is 0.228 e. The Hall–Kier alpha value is -1.88. The molecule has 1 atom stereocenters. The number of amides is 2. The average molecular weight is 273 g/mol. The van der Waals surface area contributed by atoms with Crippen LogP contribution in [-0.4, -0.2) is 31.4 Å². The molecule has 2 fully saturated rings. The van der Waals surface area contributed by atoms with E-state index < -0.39 is 0 Å². The van der Waals surface area contributed by atoms with Crippen molar-refractivity contribution >= 4 is 23.2 Å². The Labute approximate surface area is 118 Å². The number of benzene rings is 1. The van der Waals surface area contributed by atoms with Crippen molar-refractivity contribution in [2.45, 2.75) is 19.3 Å². The molecule has 0 aromatic heterocycles. The van der Waals surface area contributed by atoms with Gasteiger partial charge in [-0.05, 0) is 37.6 Å². The van der Waals surface area contributed by atoms with Gasteiger partial charge in [0.05, 0.1) is 5.92 Å². The molecule has 5 nitrogen and oxygen atoms in total. The SMILES string of the molecule is O=C(Nc1cccc(N2CCCC2=O)c1)C1CCNC1. The predicted octanol–water partition coefficient (Wildman–Crippen LogP) is 1.36. The van der Waals surface area contributed by atoms with Crippen molar-refractivity contribution in [2.24, 2.45) is 5.92 Å². The lowest BCUT2D eigenvalue weighted by Gasteiger charge is -2.17. The van der Waals surface area contributed by atoms with Crippen molar-refractivity contribution in [1.29, 1.82) is 0 Å². The minimum atomic E-state index is 0.0482. The molecule has 0 radical (unpaired) electrons. The second kappa shape index (κ2) is 5.63. The van der Waals surface area contributed by atoms with E-state index in [0.29, 0.717) is 6.42 Å². The van der Waals surface area contributed by atoms with E-state index in [0.717, 1.165) is 43.9 Å². The molecule has 1 unspecified atom stereocenters. The van der Waals surface area contributed by atoms with E-state index in [1.54, 1.807) is 4.90 Å². The van der Waals surface area contributed by atoms with Gasteiger partial charge in [-0.1, -0.05) is 6.07 Å². The highest BCUT2D eigenvalue weighted by Crippen LogP contribution is 2.24. The first-order valence-corrected chi connectivity index (χ1v) is 7.16. The van der Waals surface area contributed by atoms with Gasteiger partial charge in [0.15, 0.2) is 0 Å². The zero-order valence-corrected chi connectivity index (χ0v) is 11.4. The molecule has 2 aliphatic heterocycles. The van der Waals surface area contributed by atoms with Gasteiger partial charge in [0.2, 0.25) is 11.8 Å². The first kappa shape index (κ1) is 13.1. The highest BCUT2D eigenvalue weighted by Gasteiger charge is 2.24. The fourth-order valence-electron chi connectivity index (χ4n) is 2.80. The lowest BCUT2D eigenvalue weighted by atomic mass is 10.1. The number of hydrogen-bond donors (Lipinski definition) is 2. The molecule has 20 heavy (non-hydrogen) atoms. The van der Waals surface area contributed by atoms with Crippen LogP contribution in [0.3, 0.4) is 0 Å². The van der Waals surface area contributed by atoms with Gasteiger partial charge < -0.3 is 15.5 Å². The highest BCUT2D eigenvalue weighted by molar-refractivity contribution is 5.97. The molecule has 106 valence electrons. The van der Waals surface area contributed by atoms with Crippen LogP contribution >= 0.6 is 0 Å². The molecule has 3 rings (SSSR count). The molecule has 0 spiro atoms. The van der Waals surface area contributed by atoms with E-state index in [2.05, 4.69) is 10.6 Å². The van der Waals surface area contributed by atoms with E-state index in [1.165, 1.54) is 0 Å². The van der Waals surface area contributed by atoms with Crippen LogP contribution < -0.4 is 15.5 Å². The van der Waals surface area contributed by atoms with E-state index in [4.69, 9.17) is 0 Å². The van der Waals surface area contributed by atoms with E-state index in [-0.39, 0.29) is 17.7 Å². The maximum atomic E-state index is 12.1. The Kier molecular flexibility index (Phi) is 3.69. The van der Waals surface area contributed by atoms with Crippen LogP contribution in [0.15, 0.2) is 24.3 Å². The summed E-state index contributed by atoms with van der Waals surface area (Å²) in [6.45, 7) is 2.42. The van der Waals surface area contributed by atoms with Crippen molar-refractivity contribution in [3.63, 3.8) is 0 Å². The first-order chi connectivity index (χ1) is 9.74. The number of rotatable bonds is 3. The third kappa shape index (κ3) is 2.67. The van der Waals surface area contributed by atoms with Crippen LogP contribution in [0, 0.1) is 5.92 Å². The van der Waals surface area contributed by atoms with E-state index in [9.17, 15) is 9.59 Å². The molecule has 2 N–H and O–H groups in total. The van der Waals surface area contributed by atoms with Gasteiger partial charge in [-0.25, -0.2) is 0 Å². The summed E-state index contributed by atoms with van der Waals surface area (Å²) in [6, 6.07) is 7.53. The van der Waals surface area contributed by atoms with Crippen molar-refractivity contribution in [2.75, 3.05) is 29.9 Å². The van der Waals surface area contributed by atoms with Crippen LogP contribution in [0.2, 0.25) is 0 Å². The van der Waals surface area contributed by atoms with Crippen molar-refractivity contribution in [3.05, 3.63) is 24.3 Å². The number of anilines is 2. The molecule has 2 saturated heterocycles. The summed E-state index contributed by atoms with van der Waals surface area (Å²) in [6.07, 6.45) is 2.41.